The van der Waals surface area contributed by atoms with E-state index in [4.69, 9.17) is 5.73 Å². The first-order chi connectivity index (χ1) is 9.15. The van der Waals surface area contributed by atoms with Gasteiger partial charge in [-0.3, -0.25) is 0 Å². The van der Waals surface area contributed by atoms with Crippen molar-refractivity contribution in [2.45, 2.75) is 26.3 Å². The summed E-state index contributed by atoms with van der Waals surface area (Å²) >= 11 is 1.71. The van der Waals surface area contributed by atoms with Gasteiger partial charge in [0.05, 0.1) is 10.7 Å². The van der Waals surface area contributed by atoms with E-state index >= 15 is 0 Å². The zero-order chi connectivity index (χ0) is 13.7. The van der Waals surface area contributed by atoms with Gasteiger partial charge in [0.25, 0.3) is 0 Å². The smallest absolute Gasteiger partial charge is 0.0897 e. The van der Waals surface area contributed by atoms with Crippen LogP contribution in [0.3, 0.4) is 0 Å². The number of thiazole rings is 1. The predicted molar refractivity (Wildman–Crippen MR) is 82.4 cm³/mol. The molecule has 1 aromatic carbocycles. The Bertz CT molecular complexity index is 522. The summed E-state index contributed by atoms with van der Waals surface area (Å²) in [6, 6.07) is 8.11. The maximum Gasteiger partial charge on any atom is 0.0897 e. The largest absolute Gasteiger partial charge is 0.399 e. The molecule has 0 radical (unpaired) electrons. The third kappa shape index (κ3) is 4.33. The van der Waals surface area contributed by atoms with Crippen LogP contribution in [0.15, 0.2) is 29.6 Å². The van der Waals surface area contributed by atoms with Crippen LogP contribution in [0, 0.1) is 6.92 Å². The minimum atomic E-state index is 0.903. The molecule has 2 rings (SSSR count). The molecule has 0 aliphatic rings. The van der Waals surface area contributed by atoms with E-state index in [1.807, 2.05) is 25.1 Å². The molecule has 19 heavy (non-hydrogen) atoms. The normalized spacial score (nSPS) is 11.1. The molecule has 0 aliphatic heterocycles. The molecule has 0 atom stereocenters. The van der Waals surface area contributed by atoms with Crippen molar-refractivity contribution in [2.24, 2.45) is 0 Å². The summed E-state index contributed by atoms with van der Waals surface area (Å²) in [6.45, 7) is 4.03. The van der Waals surface area contributed by atoms with Crippen LogP contribution < -0.4 is 5.73 Å². The van der Waals surface area contributed by atoms with Crippen LogP contribution >= 0.6 is 11.3 Å². The number of rotatable bonds is 6. The Balaban J connectivity index is 1.75. The fourth-order valence-electron chi connectivity index (χ4n) is 2.14. The van der Waals surface area contributed by atoms with Crippen LogP contribution in [0.5, 0.6) is 0 Å². The number of aryl methyl sites for hydroxylation is 2. The van der Waals surface area contributed by atoms with Gasteiger partial charge in [-0.25, -0.2) is 4.98 Å². The summed E-state index contributed by atoms with van der Waals surface area (Å²) < 4.78 is 0. The first-order valence-electron chi connectivity index (χ1n) is 6.58. The second-order valence-electron chi connectivity index (χ2n) is 4.90. The van der Waals surface area contributed by atoms with E-state index in [-0.39, 0.29) is 0 Å². The van der Waals surface area contributed by atoms with E-state index in [0.29, 0.717) is 0 Å². The summed E-state index contributed by atoms with van der Waals surface area (Å²) in [4.78, 5) is 6.80. The summed E-state index contributed by atoms with van der Waals surface area (Å²) in [5.74, 6) is 0. The number of nitrogens with two attached hydrogens (primary N) is 1. The van der Waals surface area contributed by atoms with E-state index in [9.17, 15) is 0 Å². The van der Waals surface area contributed by atoms with Gasteiger partial charge in [0.1, 0.15) is 0 Å². The van der Waals surface area contributed by atoms with Crippen molar-refractivity contribution in [1.29, 1.82) is 0 Å². The Hall–Kier alpha value is -1.39. The van der Waals surface area contributed by atoms with Crippen molar-refractivity contribution in [3.63, 3.8) is 0 Å². The van der Waals surface area contributed by atoms with Crippen LogP contribution in [0.4, 0.5) is 5.69 Å². The van der Waals surface area contributed by atoms with Gasteiger partial charge < -0.3 is 10.6 Å². The number of para-hydroxylation sites is 1. The van der Waals surface area contributed by atoms with E-state index in [1.54, 1.807) is 11.3 Å². The molecule has 2 N–H and O–H groups in total. The number of nitrogens with zero attached hydrogens (tertiary/aromatic N) is 2. The quantitative estimate of drug-likeness (QED) is 0.824. The van der Waals surface area contributed by atoms with E-state index in [0.717, 1.165) is 36.6 Å². The lowest BCUT2D eigenvalue weighted by atomic mass is 10.1. The summed E-state index contributed by atoms with van der Waals surface area (Å²) in [5.41, 5.74) is 9.27. The highest BCUT2D eigenvalue weighted by molar-refractivity contribution is 7.09. The summed E-state index contributed by atoms with van der Waals surface area (Å²) in [5, 5.41) is 3.28. The summed E-state index contributed by atoms with van der Waals surface area (Å²) in [6.07, 6.45) is 2.15. The van der Waals surface area contributed by atoms with Crippen molar-refractivity contribution < 1.29 is 0 Å². The SMILES string of the molecule is Cc1nc(CN(C)CCCc2ccccc2N)cs1. The first-order valence-corrected chi connectivity index (χ1v) is 7.46. The molecule has 2 aromatic rings. The number of aromatic nitrogens is 1. The second-order valence-corrected chi connectivity index (χ2v) is 5.96. The van der Waals surface area contributed by atoms with E-state index < -0.39 is 0 Å². The van der Waals surface area contributed by atoms with Gasteiger partial charge in [-0.15, -0.1) is 11.3 Å². The van der Waals surface area contributed by atoms with Crippen LogP contribution in [0.1, 0.15) is 22.7 Å². The zero-order valence-corrected chi connectivity index (χ0v) is 12.4. The van der Waals surface area contributed by atoms with Gasteiger partial charge in [0, 0.05) is 17.6 Å². The monoisotopic (exact) mass is 275 g/mol. The highest BCUT2D eigenvalue weighted by atomic mass is 32.1. The van der Waals surface area contributed by atoms with Gasteiger partial charge in [-0.05, 0) is 45.0 Å². The molecule has 0 unspecified atom stereocenters. The number of hydrogen-bond acceptors (Lipinski definition) is 4. The Labute approximate surface area is 119 Å². The number of hydrogen-bond donors (Lipinski definition) is 1. The zero-order valence-electron chi connectivity index (χ0n) is 11.6. The van der Waals surface area contributed by atoms with Gasteiger partial charge in [0.2, 0.25) is 0 Å². The van der Waals surface area contributed by atoms with Crippen molar-refractivity contribution >= 4 is 17.0 Å². The topological polar surface area (TPSA) is 42.2 Å². The Morgan fingerprint density at radius 3 is 2.79 bits per heavy atom. The molecule has 1 aromatic heterocycles. The third-order valence-electron chi connectivity index (χ3n) is 3.14. The summed E-state index contributed by atoms with van der Waals surface area (Å²) in [7, 11) is 2.14. The molecule has 0 spiro atoms. The lowest BCUT2D eigenvalue weighted by Gasteiger charge is -2.15. The Morgan fingerprint density at radius 2 is 2.11 bits per heavy atom. The van der Waals surface area contributed by atoms with Crippen LogP contribution in [-0.2, 0) is 13.0 Å². The van der Waals surface area contributed by atoms with Crippen LogP contribution in [0.25, 0.3) is 0 Å². The first kappa shape index (κ1) is 14.0. The van der Waals surface area contributed by atoms with Gasteiger partial charge in [0.15, 0.2) is 0 Å². The van der Waals surface area contributed by atoms with E-state index in [1.165, 1.54) is 11.3 Å². The molecule has 4 heteroatoms. The minimum Gasteiger partial charge on any atom is -0.399 e. The molecule has 102 valence electrons. The Morgan fingerprint density at radius 1 is 1.32 bits per heavy atom. The van der Waals surface area contributed by atoms with Crippen molar-refractivity contribution in [3.8, 4) is 0 Å². The molecule has 0 fully saturated rings. The highest BCUT2D eigenvalue weighted by Crippen LogP contribution is 2.14. The molecule has 0 aliphatic carbocycles. The molecule has 3 nitrogen and oxygen atoms in total. The average molecular weight is 275 g/mol. The standard InChI is InChI=1S/C15H21N3S/c1-12-17-14(11-19-12)10-18(2)9-5-7-13-6-3-4-8-15(13)16/h3-4,6,8,11H,5,7,9-10,16H2,1-2H3. The molecule has 1 heterocycles. The number of benzene rings is 1. The maximum absolute atomic E-state index is 5.94. The van der Waals surface area contributed by atoms with Crippen molar-refractivity contribution in [3.05, 3.63) is 45.9 Å². The van der Waals surface area contributed by atoms with Crippen molar-refractivity contribution in [1.82, 2.24) is 9.88 Å². The molecule has 0 saturated carbocycles. The van der Waals surface area contributed by atoms with Gasteiger partial charge in [-0.1, -0.05) is 18.2 Å². The minimum absolute atomic E-state index is 0.903. The number of anilines is 1. The maximum atomic E-state index is 5.94. The lowest BCUT2D eigenvalue weighted by molar-refractivity contribution is 0.319. The highest BCUT2D eigenvalue weighted by Gasteiger charge is 2.04. The average Bonchev–Trinajstić information content (AvgIpc) is 2.77. The fourth-order valence-corrected chi connectivity index (χ4v) is 2.74. The van der Waals surface area contributed by atoms with Gasteiger partial charge >= 0.3 is 0 Å². The molecule has 0 saturated heterocycles. The lowest BCUT2D eigenvalue weighted by Crippen LogP contribution is -2.19. The molecular weight excluding hydrogens is 254 g/mol. The molecular formula is C15H21N3S. The Kier molecular flexibility index (Phi) is 4.93. The molecule has 0 bridgehead atoms. The van der Waals surface area contributed by atoms with Crippen molar-refractivity contribution in [2.75, 3.05) is 19.3 Å². The van der Waals surface area contributed by atoms with E-state index in [2.05, 4.69) is 28.4 Å². The van der Waals surface area contributed by atoms with Crippen LogP contribution in [0.2, 0.25) is 0 Å². The van der Waals surface area contributed by atoms with Gasteiger partial charge in [-0.2, -0.15) is 0 Å². The third-order valence-corrected chi connectivity index (χ3v) is 3.96. The predicted octanol–water partition coefficient (Wildman–Crippen LogP) is 3.10. The molecule has 0 amide bonds. The second kappa shape index (κ2) is 6.68. The van der Waals surface area contributed by atoms with Crippen LogP contribution in [-0.4, -0.2) is 23.5 Å². The fraction of sp³-hybridized carbons (Fsp3) is 0.400. The number of nitrogen functional groups attached to an aromatic ring is 1.